The SMILES string of the molecule is [2H]C(C)(C)c1cc(-c2[c-]cc(F)cc2)ncc1[Si](C)(C)C.[2H]C(C)(C)c1cc(-c2[c-]ccc(C3([2H])CCCCC3)c2)ncc1[Si](C)(C)C.[2H]C(C)(C)c1cc(-c2[c-]ccc3ccccc23)ncc1[Si](C)(C)C.[2H]C(C)(c1ccnc(-c2[c-]ccc3c2oc2ncccc23)c1)C1CCCCC1.[2H]C([2H])([2H])c1ccc2c(n1)oc1c(-c3cc(C([2H])([2H])C4CCCCC4)ccn3)[c-]ccc12.[2H]c1[c-]c(-c2cc(C([2H])([2H])C3CCCC3)ccn2)c2oc3nc([2H])c([2H])c([2H])c3c2c1[2H].[Ir].[Ir].[Ir]. The molecule has 4 fully saturated rings. The Kier molecular flexibility index (Phi) is 31.3. The summed E-state index contributed by atoms with van der Waals surface area (Å²) in [5, 5.41) is 9.85. The van der Waals surface area contributed by atoms with E-state index >= 15 is 0 Å². The Bertz CT molecular complexity index is 8740. The van der Waals surface area contributed by atoms with Gasteiger partial charge in [0.05, 0.1) is 45.1 Å². The number of furan rings is 3. The molecule has 4 saturated carbocycles. The van der Waals surface area contributed by atoms with Gasteiger partial charge in [0, 0.05) is 155 Å². The van der Waals surface area contributed by atoms with Crippen LogP contribution in [0.25, 0.3) is 145 Å². The monoisotopic (exact) mass is 2590 g/mol. The summed E-state index contributed by atoms with van der Waals surface area (Å²) in [6, 6.07) is 72.3. The molecule has 1 unspecified atom stereocenters. The van der Waals surface area contributed by atoms with E-state index in [9.17, 15) is 4.39 Å². The number of fused-ring (bicyclic) bond motifs is 10. The van der Waals surface area contributed by atoms with Gasteiger partial charge in [0.2, 0.25) is 17.1 Å². The molecule has 3 radical (unpaired) electrons. The van der Waals surface area contributed by atoms with Crippen LogP contribution in [0.2, 0.25) is 58.9 Å². The van der Waals surface area contributed by atoms with E-state index in [1.165, 1.54) is 77.4 Å². The number of nitrogens with zero attached hydrogens (tertiary/aromatic N) is 9. The first-order chi connectivity index (χ1) is 77.4. The molecule has 1 atom stereocenters. The summed E-state index contributed by atoms with van der Waals surface area (Å²) in [7, 11) is -4.72. The number of benzene rings is 7. The van der Waals surface area contributed by atoms with Crippen LogP contribution < -0.4 is 15.6 Å². The number of rotatable bonds is 19. The quantitative estimate of drug-likeness (QED) is 0.0559. The molecule has 23 rings (SSSR count). The van der Waals surface area contributed by atoms with Crippen LogP contribution in [-0.4, -0.2) is 69.1 Å². The van der Waals surface area contributed by atoms with Gasteiger partial charge in [-0.2, -0.15) is 0 Å². The van der Waals surface area contributed by atoms with Gasteiger partial charge < -0.3 is 43.2 Å². The third-order valence-electron chi connectivity index (χ3n) is 28.5. The number of aryl methyl sites for hydroxylation is 1. The van der Waals surface area contributed by atoms with Crippen LogP contribution >= 0.6 is 0 Å². The molecule has 19 aromatic rings. The van der Waals surface area contributed by atoms with E-state index in [4.69, 9.17) is 46.5 Å². The molecular formula is C131H142FIr3N9O3Si3-6. The molecule has 0 amide bonds. The van der Waals surface area contributed by atoms with Gasteiger partial charge in [-0.05, 0) is 198 Å². The van der Waals surface area contributed by atoms with E-state index in [0.717, 1.165) is 195 Å². The van der Waals surface area contributed by atoms with Crippen LogP contribution in [0.4, 0.5) is 4.39 Å². The Morgan fingerprint density at radius 3 is 1.46 bits per heavy atom. The minimum absolute atomic E-state index is 0. The van der Waals surface area contributed by atoms with Crippen LogP contribution in [0, 0.1) is 66.8 Å². The minimum atomic E-state index is -2.32. The summed E-state index contributed by atoms with van der Waals surface area (Å²) in [5.74, 6) is -3.06. The van der Waals surface area contributed by atoms with E-state index in [1.54, 1.807) is 54.9 Å². The molecule has 0 N–H and O–H groups in total. The summed E-state index contributed by atoms with van der Waals surface area (Å²) >= 11 is 0. The van der Waals surface area contributed by atoms with E-state index < -0.39 is 79.5 Å². The molecular weight excluding hydrogens is 2430 g/mol. The van der Waals surface area contributed by atoms with Crippen molar-refractivity contribution < 1.29 is 101 Å². The number of halogens is 1. The summed E-state index contributed by atoms with van der Waals surface area (Å²) in [6.45, 7) is 32.0. The largest absolute Gasteiger partial charge is 0.486 e. The molecule has 12 nitrogen and oxygen atoms in total. The molecule has 12 heterocycles. The first kappa shape index (κ1) is 91.7. The second kappa shape index (κ2) is 51.2. The number of pyridine rings is 9. The number of hydrogen-bond acceptors (Lipinski definition) is 12. The average Bonchev–Trinajstić information content (AvgIpc) is 1.57. The predicted octanol–water partition coefficient (Wildman–Crippen LogP) is 34.4. The third kappa shape index (κ3) is 27.3. The fourth-order valence-electron chi connectivity index (χ4n) is 20.6. The molecule has 150 heavy (non-hydrogen) atoms. The molecule has 781 valence electrons. The smallest absolute Gasteiger partial charge is 0.216 e. The molecule has 4 aliphatic rings. The zero-order chi connectivity index (χ0) is 118. The third-order valence-corrected chi connectivity index (χ3v) is 34.6. The van der Waals surface area contributed by atoms with Crippen LogP contribution in [-0.2, 0) is 73.1 Å². The maximum atomic E-state index is 13.0. The van der Waals surface area contributed by atoms with Crippen molar-refractivity contribution in [3.63, 3.8) is 0 Å². The van der Waals surface area contributed by atoms with Crippen LogP contribution in [0.5, 0.6) is 0 Å². The molecule has 7 aromatic carbocycles. The number of aromatic nitrogens is 9. The zero-order valence-corrected chi connectivity index (χ0v) is 98.8. The standard InChI is InChI=1S/2C24H23N2O.C23H32NSi.C22H19N2O.C21H24NSi.C17H21FNSi.3Ir/c1-16(17-7-3-2-4-8-17)18-12-14-25-22(15-18)21-10-5-9-19-20-11-6-13-26-24(20)27-23(19)21;1-16-10-11-20-19-8-5-9-21(23(19)27-24(20)26-16)22-15-18(12-13-25-22)14-17-6-3-2-4-7-17;1-17(2)21-15-22(24-16-23(21)25(3,4)5)20-13-9-12-19(14-20)18-10-7-6-8-11-18;1-2-6-15(5-1)13-16-10-12-23-20(14-16)19-8-3-7-17-18-9-4-11-24-22(18)25-21(17)19;1-15(2)19-13-20(22-14-21(19)23(3,4)5)18-12-8-10-16-9-6-7-11-17(16)18;1-12(2)15-10-16(13-6-8-14(18)9-7-13)19-11-17(15)20(3,4)5;;;/h5-6,9,11-17H,2-4,7-8H2,1H3;5,8,10-13,15,17H,2-4,6-7,14H2,1H3;9,12,14-18H,6-8,10-11H2,1-5H3;3-4,7,9-12,14-15H,1-2,5-6,13H2;6-11,13-15H,1-5H3;6,8-12H,1-5H3;;;/q6*-1;;;/i16D;1D3,14D2;17D,18D;3D,4D,7D,9D,11D,13D2;15D;12D;;;. The normalized spacial score (nSPS) is 17.1. The van der Waals surface area contributed by atoms with E-state index in [-0.39, 0.29) is 141 Å². The zero-order valence-electron chi connectivity index (χ0n) is 106. The Morgan fingerprint density at radius 1 is 0.407 bits per heavy atom. The van der Waals surface area contributed by atoms with E-state index in [2.05, 4.69) is 174 Å². The van der Waals surface area contributed by atoms with Gasteiger partial charge in [0.25, 0.3) is 0 Å². The molecule has 0 aliphatic heterocycles. The van der Waals surface area contributed by atoms with Gasteiger partial charge >= 0.3 is 0 Å². The molecule has 0 bridgehead atoms. The average molecular weight is 2590 g/mol. The maximum Gasteiger partial charge on any atom is 0.216 e. The van der Waals surface area contributed by atoms with Crippen LogP contribution in [0.15, 0.2) is 263 Å². The second-order valence-electron chi connectivity index (χ2n) is 43.0. The van der Waals surface area contributed by atoms with Crippen molar-refractivity contribution in [1.82, 2.24) is 44.9 Å². The number of hydrogen-bond donors (Lipinski definition) is 0. The van der Waals surface area contributed by atoms with Crippen molar-refractivity contribution >= 4 is 117 Å². The van der Waals surface area contributed by atoms with Crippen molar-refractivity contribution in [2.75, 3.05) is 0 Å². The Hall–Kier alpha value is -10.9. The van der Waals surface area contributed by atoms with Gasteiger partial charge in [-0.15, -0.1) is 149 Å². The Balaban J connectivity index is 0.000000147. The van der Waals surface area contributed by atoms with Crippen molar-refractivity contribution in [2.24, 2.45) is 17.8 Å². The Morgan fingerprint density at radius 2 is 0.887 bits per heavy atom. The van der Waals surface area contributed by atoms with Crippen LogP contribution in [0.3, 0.4) is 0 Å². The molecule has 12 aromatic heterocycles. The van der Waals surface area contributed by atoms with Gasteiger partial charge in [-0.1, -0.05) is 336 Å². The first-order valence-corrected chi connectivity index (χ1v) is 62.6. The van der Waals surface area contributed by atoms with Crippen LogP contribution in [0.1, 0.15) is 268 Å². The molecule has 4 aliphatic carbocycles. The van der Waals surface area contributed by atoms with Crippen molar-refractivity contribution in [2.45, 2.75) is 278 Å². The Labute approximate surface area is 956 Å². The fourth-order valence-corrected chi connectivity index (χ4v) is 25.4. The van der Waals surface area contributed by atoms with E-state index in [0.29, 0.717) is 45.3 Å². The second-order valence-corrected chi connectivity index (χ2v) is 58.1. The van der Waals surface area contributed by atoms with Gasteiger partial charge in [-0.3, -0.25) is 4.39 Å². The summed E-state index contributed by atoms with van der Waals surface area (Å²) in [4.78, 5) is 40.0. The molecule has 19 heteroatoms. The summed E-state index contributed by atoms with van der Waals surface area (Å²) in [6.07, 6.45) is 29.4. The van der Waals surface area contributed by atoms with Crippen molar-refractivity contribution in [3.8, 4) is 67.5 Å². The van der Waals surface area contributed by atoms with Gasteiger partial charge in [-0.25, -0.2) is 15.0 Å². The maximum absolute atomic E-state index is 13.0. The predicted molar refractivity (Wildman–Crippen MR) is 616 cm³/mol. The molecule has 0 spiro atoms. The van der Waals surface area contributed by atoms with Crippen molar-refractivity contribution in [3.05, 3.63) is 336 Å². The van der Waals surface area contributed by atoms with Crippen molar-refractivity contribution in [1.29, 1.82) is 0 Å². The molecule has 0 saturated heterocycles. The van der Waals surface area contributed by atoms with Gasteiger partial charge in [0.15, 0.2) is 0 Å². The fraction of sp³-hybridized carbons (Fsp3) is 0.351. The topological polar surface area (TPSA) is 155 Å². The summed E-state index contributed by atoms with van der Waals surface area (Å²) < 4.78 is 173. The first-order valence-electron chi connectivity index (χ1n) is 60.6. The van der Waals surface area contributed by atoms with E-state index in [1.807, 2.05) is 145 Å². The van der Waals surface area contributed by atoms with Gasteiger partial charge in [0.1, 0.15) is 0 Å². The summed E-state index contributed by atoms with van der Waals surface area (Å²) in [5.41, 5.74) is 17.2. The minimum Gasteiger partial charge on any atom is -0.486 e.